The number of non-ortho nitro benzene ring substituents is 1. The second kappa shape index (κ2) is 7.59. The molecule has 1 N–H and O–H groups in total. The van der Waals surface area contributed by atoms with E-state index in [2.05, 4.69) is 5.32 Å². The lowest BCUT2D eigenvalue weighted by molar-refractivity contribution is -0.384. The van der Waals surface area contributed by atoms with Gasteiger partial charge in [-0.25, -0.2) is 0 Å². The summed E-state index contributed by atoms with van der Waals surface area (Å²) in [5.74, 6) is -0.750. The van der Waals surface area contributed by atoms with E-state index < -0.39 is 16.6 Å². The highest BCUT2D eigenvalue weighted by Gasteiger charge is 2.15. The number of ether oxygens (including phenoxy) is 1. The smallest absolute Gasteiger partial charge is 0.270 e. The molecule has 1 aromatic rings. The summed E-state index contributed by atoms with van der Waals surface area (Å²) in [6.07, 6.45) is 0.183. The molecule has 0 aromatic heterocycles. The molecule has 0 aliphatic carbocycles. The Hall–Kier alpha value is -2.95. The van der Waals surface area contributed by atoms with Gasteiger partial charge in [0.15, 0.2) is 12.4 Å². The lowest BCUT2D eigenvalue weighted by Gasteiger charge is -2.09. The van der Waals surface area contributed by atoms with E-state index in [4.69, 9.17) is 10.00 Å². The first-order chi connectivity index (χ1) is 9.95. The molecule has 0 bridgehead atoms. The Balaban J connectivity index is 2.75. The molecule has 0 aliphatic heterocycles. The van der Waals surface area contributed by atoms with Crippen molar-refractivity contribution in [3.05, 3.63) is 33.9 Å². The van der Waals surface area contributed by atoms with Crippen LogP contribution in [0.3, 0.4) is 0 Å². The zero-order valence-electron chi connectivity index (χ0n) is 11.3. The molecule has 1 aromatic carbocycles. The Morgan fingerprint density at radius 2 is 2.19 bits per heavy atom. The van der Waals surface area contributed by atoms with Gasteiger partial charge in [0.05, 0.1) is 23.0 Å². The molecule has 1 rings (SSSR count). The van der Waals surface area contributed by atoms with Crippen molar-refractivity contribution in [3.8, 4) is 11.8 Å². The lowest BCUT2D eigenvalue weighted by Crippen LogP contribution is -2.29. The van der Waals surface area contributed by atoms with Crippen LogP contribution < -0.4 is 10.1 Å². The fraction of sp³-hybridized carbons (Fsp3) is 0.308. The van der Waals surface area contributed by atoms with Gasteiger partial charge in [-0.1, -0.05) is 0 Å². The molecule has 21 heavy (non-hydrogen) atoms. The van der Waals surface area contributed by atoms with Gasteiger partial charge in [0.1, 0.15) is 5.75 Å². The molecular weight excluding hydrogens is 278 g/mol. The van der Waals surface area contributed by atoms with Crippen LogP contribution in [-0.2, 0) is 4.79 Å². The highest BCUT2D eigenvalue weighted by Crippen LogP contribution is 2.24. The number of nitriles is 1. The molecule has 0 fully saturated rings. The number of hydrogen-bond donors (Lipinski definition) is 1. The number of Topliss-reactive ketones (excluding diaryl/α,β-unsaturated/α-hetero) is 1. The Morgan fingerprint density at radius 1 is 1.48 bits per heavy atom. The van der Waals surface area contributed by atoms with Gasteiger partial charge in [0.25, 0.3) is 11.6 Å². The summed E-state index contributed by atoms with van der Waals surface area (Å²) >= 11 is 0. The minimum atomic E-state index is -0.620. The van der Waals surface area contributed by atoms with E-state index in [0.717, 1.165) is 6.07 Å². The van der Waals surface area contributed by atoms with Gasteiger partial charge in [-0.2, -0.15) is 5.26 Å². The molecule has 0 radical (unpaired) electrons. The van der Waals surface area contributed by atoms with Crippen LogP contribution in [0.5, 0.6) is 5.75 Å². The van der Waals surface area contributed by atoms with Crippen molar-refractivity contribution in [1.82, 2.24) is 5.32 Å². The molecule has 0 aliphatic rings. The summed E-state index contributed by atoms with van der Waals surface area (Å²) in [6.45, 7) is 1.11. The number of carbonyl (C=O) groups is 2. The quantitative estimate of drug-likeness (QED) is 0.348. The van der Waals surface area contributed by atoms with Crippen molar-refractivity contribution in [2.75, 3.05) is 13.2 Å². The van der Waals surface area contributed by atoms with Crippen LogP contribution in [0.15, 0.2) is 18.2 Å². The van der Waals surface area contributed by atoms with E-state index in [9.17, 15) is 19.7 Å². The number of nitrogens with one attached hydrogen (secondary N) is 1. The minimum absolute atomic E-state index is 0.0361. The van der Waals surface area contributed by atoms with Gasteiger partial charge in [-0.3, -0.25) is 19.7 Å². The maximum absolute atomic E-state index is 11.5. The third-order valence-corrected chi connectivity index (χ3v) is 2.47. The standard InChI is InChI=1S/C13H13N3O5/c1-9(17)11-7-10(16(19)20)3-4-12(11)21-8-13(18)15-6-2-5-14/h3-4,7H,2,6,8H2,1H3,(H,15,18). The molecule has 110 valence electrons. The normalized spacial score (nSPS) is 9.52. The third-order valence-electron chi connectivity index (χ3n) is 2.47. The van der Waals surface area contributed by atoms with Crippen LogP contribution in [0.4, 0.5) is 5.69 Å². The first-order valence-electron chi connectivity index (χ1n) is 6.01. The SMILES string of the molecule is CC(=O)c1cc([N+](=O)[O-])ccc1OCC(=O)NCCC#N. The van der Waals surface area contributed by atoms with E-state index in [1.807, 2.05) is 6.07 Å². The second-order valence-electron chi connectivity index (χ2n) is 4.04. The highest BCUT2D eigenvalue weighted by molar-refractivity contribution is 5.97. The first-order valence-corrected chi connectivity index (χ1v) is 6.01. The Labute approximate surface area is 120 Å². The Kier molecular flexibility index (Phi) is 5.82. The predicted molar refractivity (Wildman–Crippen MR) is 71.8 cm³/mol. The van der Waals surface area contributed by atoms with Crippen molar-refractivity contribution < 1.29 is 19.2 Å². The number of rotatable bonds is 7. The zero-order valence-corrected chi connectivity index (χ0v) is 11.3. The van der Waals surface area contributed by atoms with Crippen molar-refractivity contribution in [2.45, 2.75) is 13.3 Å². The molecule has 0 saturated carbocycles. The average Bonchev–Trinajstić information content (AvgIpc) is 2.45. The lowest BCUT2D eigenvalue weighted by atomic mass is 10.1. The van der Waals surface area contributed by atoms with Crippen molar-refractivity contribution in [3.63, 3.8) is 0 Å². The minimum Gasteiger partial charge on any atom is -0.483 e. The van der Waals surface area contributed by atoms with Crippen molar-refractivity contribution >= 4 is 17.4 Å². The third kappa shape index (κ3) is 4.91. The topological polar surface area (TPSA) is 122 Å². The predicted octanol–water partition coefficient (Wildman–Crippen LogP) is 1.21. The van der Waals surface area contributed by atoms with Crippen LogP contribution in [0.2, 0.25) is 0 Å². The summed E-state index contributed by atoms with van der Waals surface area (Å²) in [6, 6.07) is 5.44. The van der Waals surface area contributed by atoms with Crippen LogP contribution >= 0.6 is 0 Å². The van der Waals surface area contributed by atoms with E-state index in [1.54, 1.807) is 0 Å². The number of amides is 1. The molecule has 8 nitrogen and oxygen atoms in total. The fourth-order valence-electron chi connectivity index (χ4n) is 1.48. The largest absolute Gasteiger partial charge is 0.483 e. The van der Waals surface area contributed by atoms with Crippen LogP contribution in [0.1, 0.15) is 23.7 Å². The summed E-state index contributed by atoms with van der Waals surface area (Å²) in [5.41, 5.74) is -0.194. The second-order valence-corrected chi connectivity index (χ2v) is 4.04. The van der Waals surface area contributed by atoms with Crippen molar-refractivity contribution in [1.29, 1.82) is 5.26 Å². The number of nitro benzene ring substituents is 1. The summed E-state index contributed by atoms with van der Waals surface area (Å²) in [5, 5.41) is 21.4. The van der Waals surface area contributed by atoms with Crippen molar-refractivity contribution in [2.24, 2.45) is 0 Å². The van der Waals surface area contributed by atoms with Gasteiger partial charge in [-0.15, -0.1) is 0 Å². The molecule has 0 atom stereocenters. The number of ketones is 1. The number of nitrogens with zero attached hydrogens (tertiary/aromatic N) is 2. The molecule has 0 spiro atoms. The summed E-state index contributed by atoms with van der Waals surface area (Å²) < 4.78 is 5.19. The molecule has 0 heterocycles. The monoisotopic (exact) mass is 291 g/mol. The van der Waals surface area contributed by atoms with Crippen LogP contribution in [0, 0.1) is 21.4 Å². The van der Waals surface area contributed by atoms with E-state index in [0.29, 0.717) is 0 Å². The van der Waals surface area contributed by atoms with Gasteiger partial charge < -0.3 is 10.1 Å². The Bertz CT molecular complexity index is 606. The summed E-state index contributed by atoms with van der Waals surface area (Å²) in [4.78, 5) is 32.9. The molecule has 0 unspecified atom stereocenters. The van der Waals surface area contributed by atoms with Crippen LogP contribution in [-0.4, -0.2) is 29.8 Å². The number of nitro groups is 1. The van der Waals surface area contributed by atoms with Crippen LogP contribution in [0.25, 0.3) is 0 Å². The van der Waals surface area contributed by atoms with Gasteiger partial charge >= 0.3 is 0 Å². The molecule has 0 saturated heterocycles. The first kappa shape index (κ1) is 16.1. The maximum atomic E-state index is 11.5. The number of hydrogen-bond acceptors (Lipinski definition) is 6. The highest BCUT2D eigenvalue weighted by atomic mass is 16.6. The van der Waals surface area contributed by atoms with E-state index in [1.165, 1.54) is 19.1 Å². The zero-order chi connectivity index (χ0) is 15.8. The van der Waals surface area contributed by atoms with E-state index in [-0.39, 0.29) is 36.6 Å². The molecule has 8 heteroatoms. The maximum Gasteiger partial charge on any atom is 0.270 e. The molecule has 1 amide bonds. The van der Waals surface area contributed by atoms with Gasteiger partial charge in [0, 0.05) is 18.7 Å². The van der Waals surface area contributed by atoms with Gasteiger partial charge in [0.2, 0.25) is 0 Å². The number of carbonyl (C=O) groups excluding carboxylic acids is 2. The Morgan fingerprint density at radius 3 is 2.76 bits per heavy atom. The summed E-state index contributed by atoms with van der Waals surface area (Å²) in [7, 11) is 0. The average molecular weight is 291 g/mol. The molecular formula is C13H13N3O5. The van der Waals surface area contributed by atoms with Gasteiger partial charge in [-0.05, 0) is 13.0 Å². The number of benzene rings is 1. The fourth-order valence-corrected chi connectivity index (χ4v) is 1.48. The van der Waals surface area contributed by atoms with E-state index >= 15 is 0 Å².